The number of aromatic nitrogens is 2. The minimum atomic E-state index is -0.440. The van der Waals surface area contributed by atoms with Gasteiger partial charge in [-0.1, -0.05) is 0 Å². The van der Waals surface area contributed by atoms with E-state index < -0.39 is 6.03 Å². The summed E-state index contributed by atoms with van der Waals surface area (Å²) in [4.78, 5) is 32.3. The van der Waals surface area contributed by atoms with Crippen molar-refractivity contribution in [2.24, 2.45) is 10.2 Å². The largest absolute Gasteiger partial charge is 0.491 e. The number of rotatable bonds is 12. The molecule has 11 heteroatoms. The molecule has 0 atom stereocenters. The number of nitrogens with one attached hydrogen (secondary N) is 3. The van der Waals surface area contributed by atoms with Gasteiger partial charge < -0.3 is 19.7 Å². The molecular weight excluding hydrogens is 462 g/mol. The standard InChI is InChI=1S/C25H31N7O4/c1-4-32(14-13-26-25(34)29-24-27-18(2)17-23(33)28-24)21-9-5-19(6-10-21)30-31-20-7-11-22(12-8-20)36-16-15-35-3/h5-12,17H,4,13-16H2,1-3H3,(H3,26,27,28,29,33,34). The monoisotopic (exact) mass is 493 g/mol. The molecule has 1 heterocycles. The van der Waals surface area contributed by atoms with Crippen LogP contribution in [0.1, 0.15) is 12.6 Å². The molecule has 3 rings (SSSR count). The zero-order valence-electron chi connectivity index (χ0n) is 20.7. The van der Waals surface area contributed by atoms with Crippen molar-refractivity contribution in [3.05, 3.63) is 70.6 Å². The smallest absolute Gasteiger partial charge is 0.321 e. The van der Waals surface area contributed by atoms with Crippen LogP contribution in [0, 0.1) is 6.92 Å². The van der Waals surface area contributed by atoms with Gasteiger partial charge in [0.05, 0.1) is 18.0 Å². The molecule has 36 heavy (non-hydrogen) atoms. The minimum absolute atomic E-state index is 0.112. The number of aromatic amines is 1. The summed E-state index contributed by atoms with van der Waals surface area (Å²) >= 11 is 0. The topological polar surface area (TPSA) is 133 Å². The summed E-state index contributed by atoms with van der Waals surface area (Å²) < 4.78 is 10.5. The van der Waals surface area contributed by atoms with Gasteiger partial charge in [-0.05, 0) is 62.4 Å². The molecule has 190 valence electrons. The van der Waals surface area contributed by atoms with Crippen LogP contribution in [-0.2, 0) is 4.74 Å². The Bertz CT molecular complexity index is 1190. The molecule has 2 aromatic carbocycles. The highest BCUT2D eigenvalue weighted by molar-refractivity contribution is 5.87. The van der Waals surface area contributed by atoms with Gasteiger partial charge in [-0.2, -0.15) is 10.2 Å². The molecule has 3 N–H and O–H groups in total. The second-order valence-electron chi connectivity index (χ2n) is 7.75. The third-order valence-corrected chi connectivity index (χ3v) is 5.04. The first kappa shape index (κ1) is 26.4. The normalized spacial score (nSPS) is 10.9. The quantitative estimate of drug-likeness (QED) is 0.256. The van der Waals surface area contributed by atoms with Crippen molar-refractivity contribution in [1.82, 2.24) is 15.3 Å². The van der Waals surface area contributed by atoms with E-state index in [1.54, 1.807) is 14.0 Å². The van der Waals surface area contributed by atoms with E-state index in [1.165, 1.54) is 6.07 Å². The molecule has 1 aromatic heterocycles. The summed E-state index contributed by atoms with van der Waals surface area (Å²) in [6.07, 6.45) is 0. The number of amides is 2. The molecule has 0 saturated carbocycles. The molecule has 0 aliphatic carbocycles. The number of methoxy groups -OCH3 is 1. The fourth-order valence-electron chi connectivity index (χ4n) is 3.26. The van der Waals surface area contributed by atoms with Crippen LogP contribution in [0.25, 0.3) is 0 Å². The number of hydrogen-bond acceptors (Lipinski definition) is 8. The lowest BCUT2D eigenvalue weighted by Gasteiger charge is -2.23. The fourth-order valence-corrected chi connectivity index (χ4v) is 3.26. The average molecular weight is 494 g/mol. The summed E-state index contributed by atoms with van der Waals surface area (Å²) in [5.41, 5.74) is 2.66. The number of nitrogens with zero attached hydrogens (tertiary/aromatic N) is 4. The van der Waals surface area contributed by atoms with Gasteiger partial charge in [-0.25, -0.2) is 9.78 Å². The fraction of sp³-hybridized carbons (Fsp3) is 0.320. The molecule has 0 saturated heterocycles. The first-order valence-corrected chi connectivity index (χ1v) is 11.6. The van der Waals surface area contributed by atoms with E-state index in [2.05, 4.69) is 35.7 Å². The molecular formula is C25H31N7O4. The first-order valence-electron chi connectivity index (χ1n) is 11.6. The van der Waals surface area contributed by atoms with Crippen molar-refractivity contribution in [1.29, 1.82) is 0 Å². The van der Waals surface area contributed by atoms with Crippen LogP contribution in [0.15, 0.2) is 69.6 Å². The van der Waals surface area contributed by atoms with Crippen molar-refractivity contribution in [3.8, 4) is 5.75 Å². The van der Waals surface area contributed by atoms with Crippen LogP contribution < -0.4 is 25.8 Å². The Kier molecular flexibility index (Phi) is 9.95. The Morgan fingerprint density at radius 2 is 1.72 bits per heavy atom. The SMILES string of the molecule is CCN(CCNC(=O)Nc1nc(C)cc(=O)[nH]1)c1ccc(N=Nc2ccc(OCCOC)cc2)cc1. The number of ether oxygens (including phenoxy) is 2. The van der Waals surface area contributed by atoms with Gasteiger partial charge in [0.1, 0.15) is 12.4 Å². The molecule has 0 aliphatic rings. The van der Waals surface area contributed by atoms with Crippen LogP contribution in [0.3, 0.4) is 0 Å². The molecule has 0 fully saturated rings. The predicted octanol–water partition coefficient (Wildman–Crippen LogP) is 4.17. The van der Waals surface area contributed by atoms with Crippen molar-refractivity contribution < 1.29 is 14.3 Å². The van der Waals surface area contributed by atoms with E-state index in [-0.39, 0.29) is 11.5 Å². The molecule has 11 nitrogen and oxygen atoms in total. The number of carbonyl (C=O) groups is 1. The highest BCUT2D eigenvalue weighted by atomic mass is 16.5. The number of benzene rings is 2. The highest BCUT2D eigenvalue weighted by Crippen LogP contribution is 2.23. The average Bonchev–Trinajstić information content (AvgIpc) is 2.86. The van der Waals surface area contributed by atoms with Crippen LogP contribution >= 0.6 is 0 Å². The second kappa shape index (κ2) is 13.6. The van der Waals surface area contributed by atoms with Gasteiger partial charge in [-0.15, -0.1) is 0 Å². The number of azo groups is 1. The zero-order chi connectivity index (χ0) is 25.8. The van der Waals surface area contributed by atoms with Crippen molar-refractivity contribution >= 4 is 29.0 Å². The predicted molar refractivity (Wildman–Crippen MR) is 139 cm³/mol. The minimum Gasteiger partial charge on any atom is -0.491 e. The maximum absolute atomic E-state index is 12.1. The van der Waals surface area contributed by atoms with Gasteiger partial charge in [-0.3, -0.25) is 15.1 Å². The van der Waals surface area contributed by atoms with Gasteiger partial charge in [0.25, 0.3) is 5.56 Å². The number of H-pyrrole nitrogens is 1. The maximum atomic E-state index is 12.1. The zero-order valence-corrected chi connectivity index (χ0v) is 20.7. The van der Waals surface area contributed by atoms with Gasteiger partial charge in [0, 0.05) is 44.2 Å². The third-order valence-electron chi connectivity index (χ3n) is 5.04. The first-order chi connectivity index (χ1) is 17.5. The van der Waals surface area contributed by atoms with E-state index in [0.717, 1.165) is 29.4 Å². The van der Waals surface area contributed by atoms with E-state index >= 15 is 0 Å². The number of aryl methyl sites for hydroxylation is 1. The molecule has 0 spiro atoms. The Hall–Kier alpha value is -4.25. The number of likely N-dealkylation sites (N-methyl/N-ethyl adjacent to an activating group) is 1. The summed E-state index contributed by atoms with van der Waals surface area (Å²) in [5.74, 6) is 0.865. The summed E-state index contributed by atoms with van der Waals surface area (Å²) in [5, 5.41) is 13.9. The lowest BCUT2D eigenvalue weighted by atomic mass is 10.2. The Balaban J connectivity index is 1.48. The molecule has 3 aromatic rings. The van der Waals surface area contributed by atoms with Gasteiger partial charge in [0.2, 0.25) is 5.95 Å². The van der Waals surface area contributed by atoms with Crippen LogP contribution in [-0.4, -0.2) is 56.0 Å². The van der Waals surface area contributed by atoms with E-state index in [4.69, 9.17) is 9.47 Å². The van der Waals surface area contributed by atoms with Crippen molar-refractivity contribution in [2.75, 3.05) is 50.2 Å². The lowest BCUT2D eigenvalue weighted by Crippen LogP contribution is -2.37. The summed E-state index contributed by atoms with van der Waals surface area (Å²) in [6.45, 7) is 6.52. The van der Waals surface area contributed by atoms with Crippen LogP contribution in [0.4, 0.5) is 27.8 Å². The van der Waals surface area contributed by atoms with E-state index in [0.29, 0.717) is 32.0 Å². The highest BCUT2D eigenvalue weighted by Gasteiger charge is 2.07. The number of carbonyl (C=O) groups excluding carboxylic acids is 1. The number of anilines is 2. The Morgan fingerprint density at radius 1 is 1.06 bits per heavy atom. The van der Waals surface area contributed by atoms with E-state index in [1.807, 2.05) is 55.5 Å². The molecule has 0 radical (unpaired) electrons. The molecule has 2 amide bonds. The molecule has 0 aliphatic heterocycles. The van der Waals surface area contributed by atoms with Gasteiger partial charge >= 0.3 is 6.03 Å². The molecule has 0 bridgehead atoms. The number of urea groups is 1. The Labute approximate surface area is 209 Å². The third kappa shape index (κ3) is 8.51. The van der Waals surface area contributed by atoms with E-state index in [9.17, 15) is 9.59 Å². The second-order valence-corrected chi connectivity index (χ2v) is 7.75. The van der Waals surface area contributed by atoms with Crippen molar-refractivity contribution in [3.63, 3.8) is 0 Å². The molecule has 0 unspecified atom stereocenters. The summed E-state index contributed by atoms with van der Waals surface area (Å²) in [7, 11) is 1.63. The van der Waals surface area contributed by atoms with Crippen LogP contribution in [0.2, 0.25) is 0 Å². The lowest BCUT2D eigenvalue weighted by molar-refractivity contribution is 0.146. The Morgan fingerprint density at radius 3 is 2.33 bits per heavy atom. The van der Waals surface area contributed by atoms with Crippen LogP contribution in [0.5, 0.6) is 5.75 Å². The maximum Gasteiger partial charge on any atom is 0.321 e. The van der Waals surface area contributed by atoms with Gasteiger partial charge in [0.15, 0.2) is 0 Å². The summed E-state index contributed by atoms with van der Waals surface area (Å²) in [6, 6.07) is 16.0. The van der Waals surface area contributed by atoms with Crippen molar-refractivity contribution in [2.45, 2.75) is 13.8 Å². The number of hydrogen-bond donors (Lipinski definition) is 3.